The van der Waals surface area contributed by atoms with Gasteiger partial charge >= 0.3 is 0 Å². The molecular weight excluding hydrogens is 193 g/mol. The Morgan fingerprint density at radius 1 is 0.933 bits per heavy atom. The van der Waals surface area contributed by atoms with E-state index in [4.69, 9.17) is 0 Å². The molecule has 15 heavy (non-hydrogen) atoms. The molecule has 0 spiro atoms. The Balaban J connectivity index is 1.82. The van der Waals surface area contributed by atoms with Gasteiger partial charge in [0.05, 0.1) is 6.10 Å². The molecule has 2 unspecified atom stereocenters. The molecule has 1 heterocycles. The highest BCUT2D eigenvalue weighted by Crippen LogP contribution is 2.26. The van der Waals surface area contributed by atoms with Crippen LogP contribution in [0.2, 0.25) is 0 Å². The van der Waals surface area contributed by atoms with Crippen LogP contribution in [0.3, 0.4) is 0 Å². The lowest BCUT2D eigenvalue weighted by atomic mass is 10.0. The van der Waals surface area contributed by atoms with E-state index in [-0.39, 0.29) is 6.10 Å². The van der Waals surface area contributed by atoms with Gasteiger partial charge in [0.2, 0.25) is 0 Å². The predicted molar refractivity (Wildman–Crippen MR) is 57.1 cm³/mol. The zero-order valence-electron chi connectivity index (χ0n) is 9.33. The van der Waals surface area contributed by atoms with E-state index in [1.165, 1.54) is 0 Å². The molecule has 87 valence electrons. The first-order valence-corrected chi connectivity index (χ1v) is 6.29. The van der Waals surface area contributed by atoms with E-state index in [9.17, 15) is 9.50 Å². The van der Waals surface area contributed by atoms with Gasteiger partial charge in [0.1, 0.15) is 6.17 Å². The van der Waals surface area contributed by atoms with Crippen molar-refractivity contribution in [2.45, 2.75) is 63.3 Å². The highest BCUT2D eigenvalue weighted by atomic mass is 19.1. The molecule has 2 aliphatic rings. The van der Waals surface area contributed by atoms with Crippen LogP contribution in [0.25, 0.3) is 0 Å². The minimum atomic E-state index is -0.577. The number of halogens is 1. The lowest BCUT2D eigenvalue weighted by molar-refractivity contribution is 0.0126. The number of rotatable bonds is 1. The summed E-state index contributed by atoms with van der Waals surface area (Å²) >= 11 is 0. The number of likely N-dealkylation sites (tertiary alicyclic amines) is 1. The van der Waals surface area contributed by atoms with Crippen LogP contribution >= 0.6 is 0 Å². The summed E-state index contributed by atoms with van der Waals surface area (Å²) in [6, 6.07) is 0.554. The topological polar surface area (TPSA) is 23.1 Å². The van der Waals surface area contributed by atoms with Crippen LogP contribution < -0.4 is 0 Å². The molecule has 0 aromatic rings. The fourth-order valence-corrected chi connectivity index (χ4v) is 2.84. The molecule has 0 N–H and O–H groups in total. The minimum Gasteiger partial charge on any atom is -0.300 e. The number of alkyl halides is 1. The monoisotopic (exact) mass is 214 g/mol. The molecule has 2 fully saturated rings. The first kappa shape index (κ1) is 11.3. The Labute approximate surface area is 91.5 Å². The molecule has 0 bridgehead atoms. The summed E-state index contributed by atoms with van der Waals surface area (Å²) in [7, 11) is 0. The third kappa shape index (κ3) is 3.15. The van der Waals surface area contributed by atoms with Crippen LogP contribution in [0.15, 0.2) is 0 Å². The quantitative estimate of drug-likeness (QED) is 0.615. The average molecular weight is 214 g/mol. The first-order chi connectivity index (χ1) is 7.25. The smallest absolute Gasteiger partial charge is 0.100 e. The van der Waals surface area contributed by atoms with E-state index in [1.807, 2.05) is 0 Å². The van der Waals surface area contributed by atoms with Crippen molar-refractivity contribution in [3.8, 4) is 0 Å². The predicted octanol–water partition coefficient (Wildman–Crippen LogP) is 2.55. The van der Waals surface area contributed by atoms with E-state index in [0.29, 0.717) is 6.04 Å². The third-order valence-electron chi connectivity index (χ3n) is 3.86. The summed E-state index contributed by atoms with van der Waals surface area (Å²) < 4.78 is 13.2. The van der Waals surface area contributed by atoms with Crippen molar-refractivity contribution >= 4 is 0 Å². The van der Waals surface area contributed by atoms with Crippen molar-refractivity contribution in [3.05, 3.63) is 0 Å². The van der Waals surface area contributed by atoms with Gasteiger partial charge in [-0.1, -0.05) is 0 Å². The Morgan fingerprint density at radius 2 is 1.67 bits per heavy atom. The Bertz CT molecular complexity index is 192. The summed E-state index contributed by atoms with van der Waals surface area (Å²) in [4.78, 5) is 2.42. The van der Waals surface area contributed by atoms with Gasteiger partial charge in [0.15, 0.2) is 0 Å². The van der Waals surface area contributed by atoms with Gasteiger partial charge in [-0.25, -0.2) is 9.50 Å². The van der Waals surface area contributed by atoms with Crippen LogP contribution in [0.5, 0.6) is 0 Å². The molecule has 0 amide bonds. The van der Waals surface area contributed by atoms with Crippen molar-refractivity contribution in [2.24, 2.45) is 0 Å². The fourth-order valence-electron chi connectivity index (χ4n) is 2.84. The lowest BCUT2D eigenvalue weighted by Gasteiger charge is -2.35. The molecule has 2 atom stereocenters. The summed E-state index contributed by atoms with van der Waals surface area (Å²) in [6.07, 6.45) is 5.26. The summed E-state index contributed by atoms with van der Waals surface area (Å²) in [6.45, 7) is 1.88. The second-order valence-corrected chi connectivity index (χ2v) is 4.99. The summed E-state index contributed by atoms with van der Waals surface area (Å²) in [5.41, 5.74) is 0. The van der Waals surface area contributed by atoms with Gasteiger partial charge in [0, 0.05) is 19.1 Å². The van der Waals surface area contributed by atoms with E-state index in [2.05, 4.69) is 4.90 Å². The maximum Gasteiger partial charge on any atom is 0.100 e. The van der Waals surface area contributed by atoms with Crippen LogP contribution in [-0.4, -0.2) is 36.3 Å². The maximum atomic E-state index is 13.2. The van der Waals surface area contributed by atoms with Gasteiger partial charge in [0.25, 0.3) is 0 Å². The molecule has 1 saturated heterocycles. The van der Waals surface area contributed by atoms with Crippen molar-refractivity contribution < 1.29 is 9.50 Å². The number of piperidine rings is 1. The second-order valence-electron chi connectivity index (χ2n) is 4.99. The van der Waals surface area contributed by atoms with Crippen molar-refractivity contribution in [1.82, 2.24) is 4.90 Å². The van der Waals surface area contributed by atoms with E-state index in [1.54, 1.807) is 0 Å². The Kier molecular flexibility index (Phi) is 3.98. The highest BCUT2D eigenvalue weighted by Gasteiger charge is 2.26. The third-order valence-corrected chi connectivity index (χ3v) is 3.86. The molecule has 2 rings (SSSR count). The van der Waals surface area contributed by atoms with Gasteiger partial charge in [-0.3, -0.25) is 0 Å². The molecule has 1 aliphatic carbocycles. The molecule has 0 aromatic heterocycles. The van der Waals surface area contributed by atoms with E-state index >= 15 is 0 Å². The molecule has 1 radical (unpaired) electrons. The fraction of sp³-hybridized carbons (Fsp3) is 1.00. The SMILES string of the molecule is [O]C1CCN(C2CCCC(F)CC2)CC1. The van der Waals surface area contributed by atoms with E-state index in [0.717, 1.165) is 58.0 Å². The van der Waals surface area contributed by atoms with E-state index < -0.39 is 6.17 Å². The van der Waals surface area contributed by atoms with Crippen molar-refractivity contribution in [3.63, 3.8) is 0 Å². The standard InChI is InChI=1S/C12H21FNO/c13-10-2-1-3-11(5-4-10)14-8-6-12(15)7-9-14/h10-12H,1-9H2. The normalized spacial score (nSPS) is 36.4. The molecule has 3 heteroatoms. The zero-order chi connectivity index (χ0) is 10.7. The Hall–Kier alpha value is -0.150. The Morgan fingerprint density at radius 3 is 2.40 bits per heavy atom. The van der Waals surface area contributed by atoms with Gasteiger partial charge in [-0.2, -0.15) is 0 Å². The zero-order valence-corrected chi connectivity index (χ0v) is 9.33. The van der Waals surface area contributed by atoms with Gasteiger partial charge < -0.3 is 4.90 Å². The highest BCUT2D eigenvalue weighted by molar-refractivity contribution is 4.81. The van der Waals surface area contributed by atoms with Crippen LogP contribution in [0.1, 0.15) is 44.9 Å². The molecule has 1 aliphatic heterocycles. The number of hydrogen-bond acceptors (Lipinski definition) is 1. The molecule has 0 aromatic carbocycles. The summed E-state index contributed by atoms with van der Waals surface area (Å²) in [5.74, 6) is 0. The molecule has 2 nitrogen and oxygen atoms in total. The van der Waals surface area contributed by atoms with Crippen molar-refractivity contribution in [1.29, 1.82) is 0 Å². The van der Waals surface area contributed by atoms with Crippen molar-refractivity contribution in [2.75, 3.05) is 13.1 Å². The number of hydrogen-bond donors (Lipinski definition) is 0. The first-order valence-electron chi connectivity index (χ1n) is 6.29. The minimum absolute atomic E-state index is 0.346. The van der Waals surface area contributed by atoms with Gasteiger partial charge in [-0.05, 0) is 44.9 Å². The number of nitrogens with zero attached hydrogens (tertiary/aromatic N) is 1. The van der Waals surface area contributed by atoms with Crippen LogP contribution in [-0.2, 0) is 5.11 Å². The van der Waals surface area contributed by atoms with Crippen LogP contribution in [0.4, 0.5) is 4.39 Å². The second kappa shape index (κ2) is 5.26. The van der Waals surface area contributed by atoms with Crippen LogP contribution in [0, 0.1) is 0 Å². The molecule has 1 saturated carbocycles. The molecular formula is C12H21FNO. The largest absolute Gasteiger partial charge is 0.300 e. The average Bonchev–Trinajstić information content (AvgIpc) is 2.44. The lowest BCUT2D eigenvalue weighted by Crippen LogP contribution is -2.42. The van der Waals surface area contributed by atoms with Gasteiger partial charge in [-0.15, -0.1) is 0 Å². The maximum absolute atomic E-state index is 13.2. The summed E-state index contributed by atoms with van der Waals surface area (Å²) in [5, 5.41) is 11.2.